The first-order valence-corrected chi connectivity index (χ1v) is 3.69. The molecule has 0 atom stereocenters. The fourth-order valence-corrected chi connectivity index (χ4v) is 0.737. The zero-order valence-corrected chi connectivity index (χ0v) is 6.77. The molecule has 2 heteroatoms. The van der Waals surface area contributed by atoms with Crippen LogP contribution in [0.15, 0.2) is 43.2 Å². The van der Waals surface area contributed by atoms with E-state index in [0.29, 0.717) is 6.61 Å². The smallest absolute Gasteiger partial charge is 0.172 e. The highest BCUT2D eigenvalue weighted by atomic mass is 16.5. The molecule has 0 saturated carbocycles. The van der Waals surface area contributed by atoms with Crippen molar-refractivity contribution in [2.75, 3.05) is 6.61 Å². The first-order chi connectivity index (χ1) is 5.93. The second kappa shape index (κ2) is 5.24. The topological polar surface area (TPSA) is 18.5 Å². The summed E-state index contributed by atoms with van der Waals surface area (Å²) in [5.41, 5.74) is 0. The Morgan fingerprint density at radius 3 is 2.67 bits per heavy atom. The van der Waals surface area contributed by atoms with Crippen LogP contribution in [0.4, 0.5) is 0 Å². The maximum atomic E-state index is 5.21. The summed E-state index contributed by atoms with van der Waals surface area (Å²) in [6.07, 6.45) is 1.38. The van der Waals surface area contributed by atoms with Crippen molar-refractivity contribution in [1.29, 1.82) is 0 Å². The number of para-hydroxylation sites is 1. The van der Waals surface area contributed by atoms with E-state index in [1.807, 2.05) is 30.3 Å². The van der Waals surface area contributed by atoms with Gasteiger partial charge in [-0.25, -0.2) is 0 Å². The highest BCUT2D eigenvalue weighted by Gasteiger charge is 1.90. The molecule has 0 aliphatic heterocycles. The molecule has 0 aromatic heterocycles. The molecule has 0 fully saturated rings. The zero-order chi connectivity index (χ0) is 8.65. The van der Waals surface area contributed by atoms with Gasteiger partial charge in [-0.3, -0.25) is 0 Å². The molecule has 1 rings (SSSR count). The third kappa shape index (κ3) is 3.10. The molecule has 0 N–H and O–H groups in total. The van der Waals surface area contributed by atoms with Crippen LogP contribution in [-0.4, -0.2) is 6.61 Å². The minimum absolute atomic E-state index is 0.415. The third-order valence-corrected chi connectivity index (χ3v) is 1.24. The first-order valence-electron chi connectivity index (χ1n) is 3.69. The van der Waals surface area contributed by atoms with Gasteiger partial charge in [0.1, 0.15) is 12.4 Å². The van der Waals surface area contributed by atoms with E-state index in [9.17, 15) is 0 Å². The van der Waals surface area contributed by atoms with Crippen LogP contribution in [0.3, 0.4) is 0 Å². The molecule has 12 heavy (non-hydrogen) atoms. The van der Waals surface area contributed by atoms with Crippen molar-refractivity contribution >= 4 is 0 Å². The molecular formula is C10H11O2. The third-order valence-electron chi connectivity index (χ3n) is 1.24. The van der Waals surface area contributed by atoms with Crippen LogP contribution in [0.1, 0.15) is 0 Å². The molecule has 0 saturated heterocycles. The summed E-state index contributed by atoms with van der Waals surface area (Å²) in [6, 6.07) is 9.52. The second-order valence-electron chi connectivity index (χ2n) is 2.10. The second-order valence-corrected chi connectivity index (χ2v) is 2.10. The van der Waals surface area contributed by atoms with E-state index in [1.165, 1.54) is 6.26 Å². The molecule has 63 valence electrons. The molecule has 1 aromatic carbocycles. The predicted molar refractivity (Wildman–Crippen MR) is 47.5 cm³/mol. The largest absolute Gasteiger partial charge is 0.498 e. The average Bonchev–Trinajstić information content (AvgIpc) is 2.14. The molecule has 0 aliphatic carbocycles. The summed E-state index contributed by atoms with van der Waals surface area (Å²) in [5, 5.41) is 0. The molecule has 0 unspecified atom stereocenters. The minimum Gasteiger partial charge on any atom is -0.498 e. The van der Waals surface area contributed by atoms with E-state index in [4.69, 9.17) is 9.47 Å². The van der Waals surface area contributed by atoms with Crippen LogP contribution in [0, 0.1) is 6.61 Å². The van der Waals surface area contributed by atoms with Gasteiger partial charge in [0.25, 0.3) is 0 Å². The summed E-state index contributed by atoms with van der Waals surface area (Å²) >= 11 is 0. The Labute approximate surface area is 72.4 Å². The summed E-state index contributed by atoms with van der Waals surface area (Å²) in [5.74, 6) is 0.810. The Hall–Kier alpha value is -1.44. The lowest BCUT2D eigenvalue weighted by Crippen LogP contribution is -1.96. The Balaban J connectivity index is 2.20. The summed E-state index contributed by atoms with van der Waals surface area (Å²) in [6.45, 7) is 5.40. The maximum Gasteiger partial charge on any atom is 0.172 e. The lowest BCUT2D eigenvalue weighted by molar-refractivity contribution is 0.225. The fraction of sp³-hybridized carbons (Fsp3) is 0.100. The summed E-state index contributed by atoms with van der Waals surface area (Å²) in [7, 11) is 0. The van der Waals surface area contributed by atoms with E-state index in [-0.39, 0.29) is 0 Å². The van der Waals surface area contributed by atoms with Gasteiger partial charge in [0.05, 0.1) is 6.26 Å². The van der Waals surface area contributed by atoms with E-state index in [1.54, 1.807) is 6.61 Å². The normalized spacial score (nSPS) is 9.00. The van der Waals surface area contributed by atoms with Crippen molar-refractivity contribution in [3.63, 3.8) is 0 Å². The molecule has 0 bridgehead atoms. The molecule has 0 heterocycles. The van der Waals surface area contributed by atoms with Gasteiger partial charge in [-0.05, 0) is 12.1 Å². The van der Waals surface area contributed by atoms with E-state index < -0.39 is 0 Å². The first kappa shape index (κ1) is 8.65. The average molecular weight is 163 g/mol. The lowest BCUT2D eigenvalue weighted by Gasteiger charge is -2.03. The predicted octanol–water partition coefficient (Wildman–Crippen LogP) is 2.39. The molecular weight excluding hydrogens is 152 g/mol. The maximum absolute atomic E-state index is 5.21. The zero-order valence-electron chi connectivity index (χ0n) is 6.77. The molecule has 1 aromatic rings. The monoisotopic (exact) mass is 163 g/mol. The molecule has 0 spiro atoms. The van der Waals surface area contributed by atoms with Crippen LogP contribution in [0.2, 0.25) is 0 Å². The van der Waals surface area contributed by atoms with Gasteiger partial charge in [0, 0.05) is 0 Å². The van der Waals surface area contributed by atoms with Gasteiger partial charge < -0.3 is 9.47 Å². The van der Waals surface area contributed by atoms with Crippen LogP contribution in [-0.2, 0) is 4.74 Å². The summed E-state index contributed by atoms with van der Waals surface area (Å²) in [4.78, 5) is 0. The molecule has 0 amide bonds. The van der Waals surface area contributed by atoms with Crippen molar-refractivity contribution in [2.45, 2.75) is 0 Å². The number of hydrogen-bond donors (Lipinski definition) is 0. The Morgan fingerprint density at radius 1 is 1.25 bits per heavy atom. The number of benzene rings is 1. The van der Waals surface area contributed by atoms with Gasteiger partial charge in [-0.2, -0.15) is 0 Å². The van der Waals surface area contributed by atoms with Gasteiger partial charge >= 0.3 is 0 Å². The van der Waals surface area contributed by atoms with Gasteiger partial charge in [0.2, 0.25) is 0 Å². The number of ether oxygens (including phenoxy) is 2. The SMILES string of the molecule is C=COC[CH]Oc1ccccc1. The molecule has 2 nitrogen and oxygen atoms in total. The standard InChI is InChI=1S/C10H11O2/c1-2-11-8-9-12-10-6-4-3-5-7-10/h2-7,9H,1,8H2. The van der Waals surface area contributed by atoms with Crippen LogP contribution in [0.5, 0.6) is 5.75 Å². The Kier molecular flexibility index (Phi) is 3.78. The van der Waals surface area contributed by atoms with E-state index >= 15 is 0 Å². The van der Waals surface area contributed by atoms with Crippen LogP contribution in [0.25, 0.3) is 0 Å². The van der Waals surface area contributed by atoms with Crippen molar-refractivity contribution in [2.24, 2.45) is 0 Å². The highest BCUT2D eigenvalue weighted by Crippen LogP contribution is 2.08. The van der Waals surface area contributed by atoms with Gasteiger partial charge in [-0.15, -0.1) is 0 Å². The molecule has 0 aliphatic rings. The van der Waals surface area contributed by atoms with Crippen LogP contribution >= 0.6 is 0 Å². The van der Waals surface area contributed by atoms with Crippen LogP contribution < -0.4 is 4.74 Å². The summed E-state index contributed by atoms with van der Waals surface area (Å²) < 4.78 is 10.0. The minimum atomic E-state index is 0.415. The molecule has 1 radical (unpaired) electrons. The number of hydrogen-bond acceptors (Lipinski definition) is 2. The van der Waals surface area contributed by atoms with Crippen molar-refractivity contribution in [3.8, 4) is 5.75 Å². The highest BCUT2D eigenvalue weighted by molar-refractivity contribution is 5.21. The van der Waals surface area contributed by atoms with Crippen molar-refractivity contribution in [1.82, 2.24) is 0 Å². The lowest BCUT2D eigenvalue weighted by atomic mass is 10.3. The van der Waals surface area contributed by atoms with E-state index in [2.05, 4.69) is 6.58 Å². The number of rotatable bonds is 5. The fourth-order valence-electron chi connectivity index (χ4n) is 0.737. The Morgan fingerprint density at radius 2 is 2.00 bits per heavy atom. The van der Waals surface area contributed by atoms with Gasteiger partial charge in [0.15, 0.2) is 6.61 Å². The Bertz CT molecular complexity index is 219. The van der Waals surface area contributed by atoms with Gasteiger partial charge in [-0.1, -0.05) is 24.8 Å². The van der Waals surface area contributed by atoms with E-state index in [0.717, 1.165) is 5.75 Å². The van der Waals surface area contributed by atoms with Crippen molar-refractivity contribution < 1.29 is 9.47 Å². The van der Waals surface area contributed by atoms with Crippen molar-refractivity contribution in [3.05, 3.63) is 49.8 Å². The quantitative estimate of drug-likeness (QED) is 0.490.